The van der Waals surface area contributed by atoms with Gasteiger partial charge in [0.15, 0.2) is 0 Å². The third-order valence-electron chi connectivity index (χ3n) is 3.99. The van der Waals surface area contributed by atoms with Gasteiger partial charge in [-0.15, -0.1) is 11.3 Å². The van der Waals surface area contributed by atoms with Crippen LogP contribution in [0.4, 0.5) is 0 Å². The number of halogens is 1. The van der Waals surface area contributed by atoms with Gasteiger partial charge in [-0.05, 0) is 46.3 Å². The number of hydrogen-bond acceptors (Lipinski definition) is 1. The highest BCUT2D eigenvalue weighted by Crippen LogP contribution is 2.32. The molecule has 0 saturated carbocycles. The highest BCUT2D eigenvalue weighted by molar-refractivity contribution is 9.10. The van der Waals surface area contributed by atoms with E-state index in [-0.39, 0.29) is 0 Å². The summed E-state index contributed by atoms with van der Waals surface area (Å²) in [4.78, 5) is 1.40. The van der Waals surface area contributed by atoms with E-state index in [2.05, 4.69) is 94.8 Å². The maximum Gasteiger partial charge on any atom is 0.0345 e. The molecule has 0 aliphatic carbocycles. The highest BCUT2D eigenvalue weighted by Gasteiger charge is 2.09. The van der Waals surface area contributed by atoms with Gasteiger partial charge >= 0.3 is 0 Å². The minimum atomic E-state index is 0.961. The molecule has 0 unspecified atom stereocenters. The zero-order valence-electron chi connectivity index (χ0n) is 12.5. The van der Waals surface area contributed by atoms with Crippen molar-refractivity contribution < 1.29 is 0 Å². The zero-order chi connectivity index (χ0) is 15.6. The second-order valence-electron chi connectivity index (χ2n) is 5.59. The van der Waals surface area contributed by atoms with Crippen LogP contribution in [0, 0.1) is 0 Å². The minimum absolute atomic E-state index is 0.961. The summed E-state index contributed by atoms with van der Waals surface area (Å²) < 4.78 is 2.49. The molecule has 3 aromatic carbocycles. The standard InChI is InChI=1S/C21H15BrS/c22-18-10-11-20(15-6-2-1-3-7-15)17(12-18)14-19-13-16-8-4-5-9-21(16)23-19/h1-13H,14H2. The number of thiophene rings is 1. The number of rotatable bonds is 3. The molecule has 112 valence electrons. The molecule has 0 N–H and O–H groups in total. The zero-order valence-corrected chi connectivity index (χ0v) is 14.9. The summed E-state index contributed by atoms with van der Waals surface area (Å²) in [5.74, 6) is 0. The Morgan fingerprint density at radius 1 is 0.783 bits per heavy atom. The lowest BCUT2D eigenvalue weighted by Crippen LogP contribution is -1.90. The molecule has 0 radical (unpaired) electrons. The molecule has 0 fully saturated rings. The Bertz CT molecular complexity index is 921. The van der Waals surface area contributed by atoms with Crippen molar-refractivity contribution in [3.8, 4) is 11.1 Å². The molecular formula is C21H15BrS. The van der Waals surface area contributed by atoms with Crippen LogP contribution in [0.2, 0.25) is 0 Å². The fourth-order valence-electron chi connectivity index (χ4n) is 2.92. The quantitative estimate of drug-likeness (QED) is 0.362. The van der Waals surface area contributed by atoms with Crippen molar-refractivity contribution in [2.45, 2.75) is 6.42 Å². The Morgan fingerprint density at radius 2 is 1.57 bits per heavy atom. The summed E-state index contributed by atoms with van der Waals surface area (Å²) >= 11 is 5.51. The van der Waals surface area contributed by atoms with Gasteiger partial charge in [-0.25, -0.2) is 0 Å². The van der Waals surface area contributed by atoms with Gasteiger partial charge in [0, 0.05) is 20.5 Å². The van der Waals surface area contributed by atoms with Gasteiger partial charge in [0.25, 0.3) is 0 Å². The van der Waals surface area contributed by atoms with E-state index in [0.717, 1.165) is 10.9 Å². The molecule has 1 heterocycles. The first-order valence-corrected chi connectivity index (χ1v) is 9.22. The van der Waals surface area contributed by atoms with Crippen molar-refractivity contribution >= 4 is 37.4 Å². The molecule has 1 aromatic heterocycles. The Labute approximate surface area is 148 Å². The number of benzene rings is 3. The van der Waals surface area contributed by atoms with Crippen LogP contribution in [-0.2, 0) is 6.42 Å². The predicted molar refractivity (Wildman–Crippen MR) is 104 cm³/mol. The lowest BCUT2D eigenvalue weighted by molar-refractivity contribution is 1.24. The second-order valence-corrected chi connectivity index (χ2v) is 7.68. The first-order valence-electron chi connectivity index (χ1n) is 7.61. The molecule has 0 aliphatic heterocycles. The third-order valence-corrected chi connectivity index (χ3v) is 5.60. The van der Waals surface area contributed by atoms with Crippen LogP contribution in [0.1, 0.15) is 10.4 Å². The van der Waals surface area contributed by atoms with Crippen LogP contribution in [0.3, 0.4) is 0 Å². The van der Waals surface area contributed by atoms with Crippen molar-refractivity contribution in [1.82, 2.24) is 0 Å². The minimum Gasteiger partial charge on any atom is -0.140 e. The summed E-state index contributed by atoms with van der Waals surface area (Å²) in [5.41, 5.74) is 3.94. The van der Waals surface area contributed by atoms with Crippen molar-refractivity contribution in [2.24, 2.45) is 0 Å². The van der Waals surface area contributed by atoms with E-state index < -0.39 is 0 Å². The molecule has 0 nitrogen and oxygen atoms in total. The monoisotopic (exact) mass is 378 g/mol. The highest BCUT2D eigenvalue weighted by atomic mass is 79.9. The smallest absolute Gasteiger partial charge is 0.0345 e. The molecular weight excluding hydrogens is 364 g/mol. The lowest BCUT2D eigenvalue weighted by atomic mass is 9.97. The second kappa shape index (κ2) is 6.31. The Balaban J connectivity index is 1.77. The third kappa shape index (κ3) is 3.10. The molecule has 2 heteroatoms. The Hall–Kier alpha value is -1.90. The van der Waals surface area contributed by atoms with E-state index in [1.54, 1.807) is 0 Å². The van der Waals surface area contributed by atoms with Crippen LogP contribution in [-0.4, -0.2) is 0 Å². The number of hydrogen-bond donors (Lipinski definition) is 0. The van der Waals surface area contributed by atoms with E-state index in [1.165, 1.54) is 31.7 Å². The van der Waals surface area contributed by atoms with Gasteiger partial charge in [0.1, 0.15) is 0 Å². The first-order chi connectivity index (χ1) is 11.3. The topological polar surface area (TPSA) is 0 Å². The summed E-state index contributed by atoms with van der Waals surface area (Å²) in [6.45, 7) is 0. The van der Waals surface area contributed by atoms with Crippen LogP contribution in [0.15, 0.2) is 83.3 Å². The molecule has 0 atom stereocenters. The van der Waals surface area contributed by atoms with Crippen LogP contribution >= 0.6 is 27.3 Å². The van der Waals surface area contributed by atoms with Crippen LogP contribution in [0.5, 0.6) is 0 Å². The van der Waals surface area contributed by atoms with E-state index in [4.69, 9.17) is 0 Å². The molecule has 0 bridgehead atoms. The van der Waals surface area contributed by atoms with Crippen molar-refractivity contribution in [3.05, 3.63) is 93.8 Å². The van der Waals surface area contributed by atoms with Crippen LogP contribution < -0.4 is 0 Å². The maximum atomic E-state index is 3.62. The molecule has 4 rings (SSSR count). The predicted octanol–water partition coefficient (Wildman–Crippen LogP) is 6.92. The van der Waals surface area contributed by atoms with Gasteiger partial charge in [-0.1, -0.05) is 70.5 Å². The molecule has 4 aromatic rings. The molecule has 0 spiro atoms. The van der Waals surface area contributed by atoms with Gasteiger partial charge in [-0.3, -0.25) is 0 Å². The molecule has 0 saturated heterocycles. The Kier molecular flexibility index (Phi) is 4.02. The largest absolute Gasteiger partial charge is 0.140 e. The average molecular weight is 379 g/mol. The first kappa shape index (κ1) is 14.7. The summed E-state index contributed by atoms with van der Waals surface area (Å²) in [5, 5.41) is 1.34. The number of fused-ring (bicyclic) bond motifs is 1. The molecule has 0 amide bonds. The fraction of sp³-hybridized carbons (Fsp3) is 0.0476. The fourth-order valence-corrected chi connectivity index (χ4v) is 4.42. The summed E-state index contributed by atoms with van der Waals surface area (Å²) in [6.07, 6.45) is 0.961. The summed E-state index contributed by atoms with van der Waals surface area (Å²) in [6, 6.07) is 28.1. The SMILES string of the molecule is Brc1ccc(-c2ccccc2)c(Cc2cc3ccccc3s2)c1. The summed E-state index contributed by atoms with van der Waals surface area (Å²) in [7, 11) is 0. The van der Waals surface area contributed by atoms with Crippen molar-refractivity contribution in [1.29, 1.82) is 0 Å². The van der Waals surface area contributed by atoms with Gasteiger partial charge in [-0.2, -0.15) is 0 Å². The van der Waals surface area contributed by atoms with Gasteiger partial charge in [0.05, 0.1) is 0 Å². The average Bonchev–Trinajstić information content (AvgIpc) is 2.98. The molecule has 0 aliphatic rings. The van der Waals surface area contributed by atoms with Crippen molar-refractivity contribution in [2.75, 3.05) is 0 Å². The van der Waals surface area contributed by atoms with Gasteiger partial charge < -0.3 is 0 Å². The molecule has 23 heavy (non-hydrogen) atoms. The van der Waals surface area contributed by atoms with Crippen molar-refractivity contribution in [3.63, 3.8) is 0 Å². The van der Waals surface area contributed by atoms with E-state index in [1.807, 2.05) is 11.3 Å². The lowest BCUT2D eigenvalue weighted by Gasteiger charge is -2.10. The van der Waals surface area contributed by atoms with E-state index in [9.17, 15) is 0 Å². The maximum absolute atomic E-state index is 3.62. The normalized spacial score (nSPS) is 11.0. The van der Waals surface area contributed by atoms with E-state index >= 15 is 0 Å². The Morgan fingerprint density at radius 3 is 2.39 bits per heavy atom. The van der Waals surface area contributed by atoms with E-state index in [0.29, 0.717) is 0 Å². The van der Waals surface area contributed by atoms with Gasteiger partial charge in [0.2, 0.25) is 0 Å². The van der Waals surface area contributed by atoms with Crippen LogP contribution in [0.25, 0.3) is 21.2 Å².